The van der Waals surface area contributed by atoms with Crippen LogP contribution in [-0.2, 0) is 18.4 Å². The minimum Gasteiger partial charge on any atom is -0.756 e. The summed E-state index contributed by atoms with van der Waals surface area (Å²) in [5, 5.41) is 14.0. The maximum atomic E-state index is 13.0. The van der Waals surface area contributed by atoms with E-state index in [1.54, 1.807) is 0 Å². The summed E-state index contributed by atoms with van der Waals surface area (Å²) >= 11 is 0. The van der Waals surface area contributed by atoms with Crippen molar-refractivity contribution in [3.8, 4) is 0 Å². The summed E-state index contributed by atoms with van der Waals surface area (Å²) in [6.45, 7) is 4.76. The second-order valence-corrected chi connectivity index (χ2v) is 22.4. The second-order valence-electron chi connectivity index (χ2n) is 21.0. The largest absolute Gasteiger partial charge is 0.756 e. The van der Waals surface area contributed by atoms with Crippen LogP contribution in [0.1, 0.15) is 290 Å². The van der Waals surface area contributed by atoms with Crippen LogP contribution in [0.15, 0.2) is 12.2 Å². The molecule has 0 fully saturated rings. The number of rotatable bonds is 53. The normalized spacial score (nSPS) is 14.0. The van der Waals surface area contributed by atoms with Crippen molar-refractivity contribution in [2.75, 3.05) is 40.9 Å². The van der Waals surface area contributed by atoms with Gasteiger partial charge in [-0.2, -0.15) is 0 Å². The Morgan fingerprint density at radius 2 is 0.846 bits per heavy atom. The summed E-state index contributed by atoms with van der Waals surface area (Å²) in [6.07, 6.45) is 58.1. The molecule has 0 heterocycles. The third kappa shape index (κ3) is 50.9. The number of hydrogen-bond acceptors (Lipinski definition) is 6. The van der Waals surface area contributed by atoms with Gasteiger partial charge in [-0.05, 0) is 38.5 Å². The first-order chi connectivity index (χ1) is 31.5. The Morgan fingerprint density at radius 3 is 1.20 bits per heavy atom. The van der Waals surface area contributed by atoms with Crippen LogP contribution in [0.2, 0.25) is 0 Å². The fourth-order valence-corrected chi connectivity index (χ4v) is 9.47. The zero-order valence-electron chi connectivity index (χ0n) is 44.2. The van der Waals surface area contributed by atoms with Crippen LogP contribution in [-0.4, -0.2) is 68.5 Å². The van der Waals surface area contributed by atoms with Crippen LogP contribution in [0.5, 0.6) is 0 Å². The van der Waals surface area contributed by atoms with Gasteiger partial charge in [-0.15, -0.1) is 0 Å². The maximum Gasteiger partial charge on any atom is 0.268 e. The highest BCUT2D eigenvalue weighted by Crippen LogP contribution is 2.38. The number of quaternary nitrogens is 1. The highest BCUT2D eigenvalue weighted by atomic mass is 31.2. The number of allylic oxidation sites excluding steroid dienone is 2. The fourth-order valence-electron chi connectivity index (χ4n) is 8.74. The van der Waals surface area contributed by atoms with Gasteiger partial charge in [0.05, 0.1) is 39.9 Å². The smallest absolute Gasteiger partial charge is 0.268 e. The van der Waals surface area contributed by atoms with Gasteiger partial charge in [0, 0.05) is 6.42 Å². The summed E-state index contributed by atoms with van der Waals surface area (Å²) in [5.41, 5.74) is 0. The summed E-state index contributed by atoms with van der Waals surface area (Å²) in [4.78, 5) is 25.5. The van der Waals surface area contributed by atoms with E-state index in [-0.39, 0.29) is 19.1 Å². The molecule has 0 aliphatic heterocycles. The van der Waals surface area contributed by atoms with Crippen molar-refractivity contribution in [1.29, 1.82) is 0 Å². The highest BCUT2D eigenvalue weighted by molar-refractivity contribution is 7.45. The first-order valence-electron chi connectivity index (χ1n) is 28.5. The van der Waals surface area contributed by atoms with E-state index in [0.29, 0.717) is 23.9 Å². The fraction of sp³-hybridized carbons (Fsp3) is 0.946. The van der Waals surface area contributed by atoms with Crippen molar-refractivity contribution >= 4 is 13.7 Å². The average molecular weight is 942 g/mol. The number of amides is 1. The molecule has 0 rings (SSSR count). The lowest BCUT2D eigenvalue weighted by Crippen LogP contribution is -2.46. The number of hydrogen-bond donors (Lipinski definition) is 2. The van der Waals surface area contributed by atoms with Crippen molar-refractivity contribution in [1.82, 2.24) is 5.32 Å². The molecule has 0 radical (unpaired) electrons. The van der Waals surface area contributed by atoms with Crippen LogP contribution < -0.4 is 10.2 Å². The molecule has 388 valence electrons. The topological polar surface area (TPSA) is 108 Å². The van der Waals surface area contributed by atoms with Gasteiger partial charge in [0.15, 0.2) is 0 Å². The number of nitrogens with zero attached hydrogens (tertiary/aromatic N) is 1. The molecule has 0 aromatic heterocycles. The zero-order valence-corrected chi connectivity index (χ0v) is 45.1. The van der Waals surface area contributed by atoms with E-state index in [4.69, 9.17) is 9.05 Å². The SMILES string of the molecule is CCCCCCCCCCCCCC/C=C\CCCCCCCCCC(=O)NC(COP(=O)([O-])OCC[N+](C)(C)C)C(O)CCCCCCCCCCCCCCCCCCCCCC. The number of carbonyl (C=O) groups excluding carboxylic acids is 1. The summed E-state index contributed by atoms with van der Waals surface area (Å²) in [6, 6.07) is -0.800. The van der Waals surface area contributed by atoms with Gasteiger partial charge in [-0.1, -0.05) is 257 Å². The van der Waals surface area contributed by atoms with Crippen molar-refractivity contribution in [2.45, 2.75) is 302 Å². The van der Waals surface area contributed by atoms with Crippen molar-refractivity contribution in [2.24, 2.45) is 0 Å². The molecule has 3 atom stereocenters. The summed E-state index contributed by atoms with van der Waals surface area (Å²) < 4.78 is 23.4. The second kappa shape index (κ2) is 48.3. The standard InChI is InChI=1S/C56H113N2O6P/c1-6-8-10-12-14-16-18-20-22-24-26-28-29-30-32-34-36-38-40-42-44-46-48-50-56(60)57-54(53-64-65(61,62)63-52-51-58(3,4)5)55(59)49-47-45-43-41-39-37-35-33-31-27-25-23-21-19-17-15-13-11-9-7-2/h30,32,54-55,59H,6-29,31,33-53H2,1-5H3,(H-,57,60,61,62)/b32-30-. The predicted octanol–water partition coefficient (Wildman–Crippen LogP) is 16.4. The number of carbonyl (C=O) groups is 1. The Morgan fingerprint density at radius 1 is 0.523 bits per heavy atom. The molecule has 3 unspecified atom stereocenters. The molecule has 0 aliphatic carbocycles. The molecule has 0 saturated carbocycles. The number of aliphatic hydroxyl groups excluding tert-OH is 1. The number of aliphatic hydroxyl groups is 1. The van der Waals surface area contributed by atoms with Crippen LogP contribution in [0.3, 0.4) is 0 Å². The average Bonchev–Trinajstić information content (AvgIpc) is 3.26. The molecular weight excluding hydrogens is 828 g/mol. The molecule has 2 N–H and O–H groups in total. The van der Waals surface area contributed by atoms with Crippen LogP contribution in [0.4, 0.5) is 0 Å². The molecule has 1 amide bonds. The van der Waals surface area contributed by atoms with Gasteiger partial charge in [-0.3, -0.25) is 9.36 Å². The molecule has 65 heavy (non-hydrogen) atoms. The Labute approximate surface area is 405 Å². The third-order valence-electron chi connectivity index (χ3n) is 13.3. The maximum absolute atomic E-state index is 13.0. The van der Waals surface area contributed by atoms with Crippen LogP contribution in [0, 0.1) is 0 Å². The molecule has 8 nitrogen and oxygen atoms in total. The number of phosphoric ester groups is 1. The lowest BCUT2D eigenvalue weighted by atomic mass is 10.0. The van der Waals surface area contributed by atoms with E-state index in [2.05, 4.69) is 31.3 Å². The van der Waals surface area contributed by atoms with Gasteiger partial charge in [0.25, 0.3) is 7.82 Å². The van der Waals surface area contributed by atoms with Crippen molar-refractivity contribution < 1.29 is 32.9 Å². The minimum absolute atomic E-state index is 0.0137. The number of nitrogens with one attached hydrogen (secondary N) is 1. The van der Waals surface area contributed by atoms with Crippen LogP contribution in [0.25, 0.3) is 0 Å². The third-order valence-corrected chi connectivity index (χ3v) is 14.2. The molecule has 0 aromatic rings. The minimum atomic E-state index is -4.57. The van der Waals surface area contributed by atoms with Gasteiger partial charge in [0.2, 0.25) is 5.91 Å². The van der Waals surface area contributed by atoms with Gasteiger partial charge in [0.1, 0.15) is 13.2 Å². The van der Waals surface area contributed by atoms with Gasteiger partial charge in [-0.25, -0.2) is 0 Å². The van der Waals surface area contributed by atoms with E-state index in [1.165, 1.54) is 225 Å². The van der Waals surface area contributed by atoms with E-state index < -0.39 is 20.0 Å². The Bertz CT molecular complexity index is 1070. The van der Waals surface area contributed by atoms with Gasteiger partial charge < -0.3 is 28.8 Å². The Kier molecular flexibility index (Phi) is 47.7. The lowest BCUT2D eigenvalue weighted by molar-refractivity contribution is -0.870. The molecule has 0 bridgehead atoms. The molecule has 0 saturated heterocycles. The number of likely N-dealkylation sites (N-methyl/N-ethyl adjacent to an activating group) is 1. The first kappa shape index (κ1) is 64.2. The number of unbranched alkanes of at least 4 members (excludes halogenated alkanes) is 38. The van der Waals surface area contributed by atoms with Gasteiger partial charge >= 0.3 is 0 Å². The Balaban J connectivity index is 4.17. The molecular formula is C56H113N2O6P. The van der Waals surface area contributed by atoms with Crippen LogP contribution >= 0.6 is 7.82 Å². The van der Waals surface area contributed by atoms with E-state index >= 15 is 0 Å². The quantitative estimate of drug-likeness (QED) is 0.0272. The van der Waals surface area contributed by atoms with Crippen molar-refractivity contribution in [3.63, 3.8) is 0 Å². The highest BCUT2D eigenvalue weighted by Gasteiger charge is 2.24. The molecule has 0 aliphatic rings. The Hall–Kier alpha value is -0.760. The molecule has 9 heteroatoms. The zero-order chi connectivity index (χ0) is 47.8. The van der Waals surface area contributed by atoms with E-state index in [1.807, 2.05) is 21.1 Å². The molecule has 0 aromatic carbocycles. The monoisotopic (exact) mass is 941 g/mol. The lowest BCUT2D eigenvalue weighted by Gasteiger charge is -2.30. The van der Waals surface area contributed by atoms with E-state index in [9.17, 15) is 19.4 Å². The predicted molar refractivity (Wildman–Crippen MR) is 279 cm³/mol. The number of phosphoric acid groups is 1. The molecule has 0 spiro atoms. The summed E-state index contributed by atoms with van der Waals surface area (Å²) in [5.74, 6) is -0.164. The summed E-state index contributed by atoms with van der Waals surface area (Å²) in [7, 11) is 1.32. The van der Waals surface area contributed by atoms with Crippen molar-refractivity contribution in [3.05, 3.63) is 12.2 Å². The van der Waals surface area contributed by atoms with E-state index in [0.717, 1.165) is 38.5 Å². The first-order valence-corrected chi connectivity index (χ1v) is 30.0.